The summed E-state index contributed by atoms with van der Waals surface area (Å²) in [6.45, 7) is 1.45. The third-order valence-corrected chi connectivity index (χ3v) is 5.08. The van der Waals surface area contributed by atoms with Crippen molar-refractivity contribution in [2.75, 3.05) is 25.4 Å². The molecule has 0 amide bonds. The summed E-state index contributed by atoms with van der Waals surface area (Å²) < 4.78 is 30.8. The second-order valence-electron chi connectivity index (χ2n) is 4.57. The first kappa shape index (κ1) is 12.3. The number of aliphatic hydroxyl groups excluding tert-OH is 1. The van der Waals surface area contributed by atoms with Crippen LogP contribution in [0.4, 0.5) is 0 Å². The Labute approximate surface area is 96.4 Å². The Morgan fingerprint density at radius 3 is 2.75 bits per heavy atom. The number of β-amino-alcohol motifs (C(OH)–C–C–N with tert-alkyl or cyclic N) is 1. The summed E-state index contributed by atoms with van der Waals surface area (Å²) in [5.41, 5.74) is 0. The van der Waals surface area contributed by atoms with E-state index in [9.17, 15) is 13.5 Å². The van der Waals surface area contributed by atoms with Crippen molar-refractivity contribution in [2.45, 2.75) is 37.9 Å². The quantitative estimate of drug-likeness (QED) is 0.761. The normalized spacial score (nSPS) is 33.1. The number of piperidine rings is 1. The molecule has 0 radical (unpaired) electrons. The van der Waals surface area contributed by atoms with Crippen LogP contribution in [0.15, 0.2) is 0 Å². The molecule has 1 unspecified atom stereocenters. The standard InChI is InChI=1S/C10H19NO4S/c12-9-3-1-5-11(7-9)16(13,14)8-10-4-2-6-15-10/h9-10,12H,1-8H2/t9-,10?/m0/s1. The molecule has 0 spiro atoms. The molecule has 2 atom stereocenters. The van der Waals surface area contributed by atoms with Crippen molar-refractivity contribution in [3.8, 4) is 0 Å². The summed E-state index contributed by atoms with van der Waals surface area (Å²) in [4.78, 5) is 0. The average Bonchev–Trinajstić information content (AvgIpc) is 2.70. The van der Waals surface area contributed by atoms with Crippen molar-refractivity contribution in [1.82, 2.24) is 4.31 Å². The number of ether oxygens (including phenoxy) is 1. The van der Waals surface area contributed by atoms with Gasteiger partial charge < -0.3 is 9.84 Å². The van der Waals surface area contributed by atoms with Gasteiger partial charge in [-0.25, -0.2) is 8.42 Å². The molecule has 1 N–H and O–H groups in total. The van der Waals surface area contributed by atoms with Gasteiger partial charge in [-0.15, -0.1) is 0 Å². The molecular formula is C10H19NO4S. The van der Waals surface area contributed by atoms with Crippen LogP contribution in [0.2, 0.25) is 0 Å². The molecule has 0 aromatic carbocycles. The van der Waals surface area contributed by atoms with Crippen molar-refractivity contribution >= 4 is 10.0 Å². The Kier molecular flexibility index (Phi) is 3.84. The van der Waals surface area contributed by atoms with Crippen LogP contribution in [-0.4, -0.2) is 55.5 Å². The smallest absolute Gasteiger partial charge is 0.216 e. The van der Waals surface area contributed by atoms with Crippen molar-refractivity contribution < 1.29 is 18.3 Å². The fourth-order valence-corrected chi connectivity index (χ4v) is 4.04. The minimum atomic E-state index is -3.25. The summed E-state index contributed by atoms with van der Waals surface area (Å²) in [6.07, 6.45) is 2.56. The highest BCUT2D eigenvalue weighted by Gasteiger charge is 2.31. The fraction of sp³-hybridized carbons (Fsp3) is 1.00. The summed E-state index contributed by atoms with van der Waals surface area (Å²) in [7, 11) is -3.25. The first-order chi connectivity index (χ1) is 7.58. The van der Waals surface area contributed by atoms with Crippen molar-refractivity contribution in [3.63, 3.8) is 0 Å². The molecule has 0 aromatic rings. The Balaban J connectivity index is 1.94. The Morgan fingerprint density at radius 2 is 2.12 bits per heavy atom. The van der Waals surface area contributed by atoms with Crippen LogP contribution in [0.1, 0.15) is 25.7 Å². The lowest BCUT2D eigenvalue weighted by Crippen LogP contribution is -2.44. The first-order valence-electron chi connectivity index (χ1n) is 5.85. The van der Waals surface area contributed by atoms with Gasteiger partial charge in [0.1, 0.15) is 0 Å². The van der Waals surface area contributed by atoms with E-state index in [0.717, 1.165) is 19.3 Å². The van der Waals surface area contributed by atoms with E-state index in [0.29, 0.717) is 19.6 Å². The van der Waals surface area contributed by atoms with Gasteiger partial charge in [0.15, 0.2) is 0 Å². The van der Waals surface area contributed by atoms with Crippen LogP contribution in [0.5, 0.6) is 0 Å². The lowest BCUT2D eigenvalue weighted by atomic mass is 10.1. The van der Waals surface area contributed by atoms with Crippen LogP contribution in [0.25, 0.3) is 0 Å². The van der Waals surface area contributed by atoms with Gasteiger partial charge in [0.05, 0.1) is 18.0 Å². The molecule has 16 heavy (non-hydrogen) atoms. The summed E-state index contributed by atoms with van der Waals surface area (Å²) in [5, 5.41) is 9.47. The van der Waals surface area contributed by atoms with Crippen LogP contribution in [-0.2, 0) is 14.8 Å². The molecular weight excluding hydrogens is 230 g/mol. The molecule has 0 saturated carbocycles. The van der Waals surface area contributed by atoms with Crippen molar-refractivity contribution in [1.29, 1.82) is 0 Å². The monoisotopic (exact) mass is 249 g/mol. The molecule has 5 nitrogen and oxygen atoms in total. The zero-order valence-electron chi connectivity index (χ0n) is 9.34. The second kappa shape index (κ2) is 5.00. The summed E-state index contributed by atoms with van der Waals surface area (Å²) in [6, 6.07) is 0. The molecule has 0 aromatic heterocycles. The van der Waals surface area contributed by atoms with Gasteiger partial charge in [0.25, 0.3) is 0 Å². The highest BCUT2D eigenvalue weighted by molar-refractivity contribution is 7.89. The summed E-state index contributed by atoms with van der Waals surface area (Å²) >= 11 is 0. The molecule has 2 heterocycles. The third-order valence-electron chi connectivity index (χ3n) is 3.17. The van der Waals surface area contributed by atoms with Crippen LogP contribution in [0.3, 0.4) is 0 Å². The minimum Gasteiger partial charge on any atom is -0.392 e. The largest absolute Gasteiger partial charge is 0.392 e. The maximum absolute atomic E-state index is 12.0. The molecule has 0 bridgehead atoms. The van der Waals surface area contributed by atoms with Gasteiger partial charge in [0, 0.05) is 19.7 Å². The van der Waals surface area contributed by atoms with E-state index in [4.69, 9.17) is 4.74 Å². The van der Waals surface area contributed by atoms with E-state index in [1.807, 2.05) is 0 Å². The number of sulfonamides is 1. The Bertz CT molecular complexity index is 324. The first-order valence-corrected chi connectivity index (χ1v) is 7.46. The molecule has 2 aliphatic heterocycles. The predicted octanol–water partition coefficient (Wildman–Crippen LogP) is -0.0481. The van der Waals surface area contributed by atoms with E-state index in [2.05, 4.69) is 0 Å². The van der Waals surface area contributed by atoms with Gasteiger partial charge in [-0.2, -0.15) is 4.31 Å². The van der Waals surface area contributed by atoms with Crippen LogP contribution >= 0.6 is 0 Å². The topological polar surface area (TPSA) is 66.8 Å². The van der Waals surface area contributed by atoms with Crippen LogP contribution in [0, 0.1) is 0 Å². The maximum atomic E-state index is 12.0. The molecule has 2 rings (SSSR count). The lowest BCUT2D eigenvalue weighted by Gasteiger charge is -2.29. The zero-order chi connectivity index (χ0) is 11.6. The third kappa shape index (κ3) is 2.94. The highest BCUT2D eigenvalue weighted by Crippen LogP contribution is 2.19. The number of hydrogen-bond donors (Lipinski definition) is 1. The number of rotatable bonds is 3. The molecule has 0 aliphatic carbocycles. The van der Waals surface area contributed by atoms with E-state index < -0.39 is 16.1 Å². The van der Waals surface area contributed by atoms with Gasteiger partial charge in [-0.3, -0.25) is 0 Å². The van der Waals surface area contributed by atoms with Crippen molar-refractivity contribution in [2.24, 2.45) is 0 Å². The number of nitrogens with zero attached hydrogens (tertiary/aromatic N) is 1. The molecule has 2 aliphatic rings. The Morgan fingerprint density at radius 1 is 1.31 bits per heavy atom. The van der Waals surface area contributed by atoms with E-state index >= 15 is 0 Å². The molecule has 2 fully saturated rings. The van der Waals surface area contributed by atoms with E-state index in [1.54, 1.807) is 0 Å². The number of hydrogen-bond acceptors (Lipinski definition) is 4. The van der Waals surface area contributed by atoms with E-state index in [-0.39, 0.29) is 18.4 Å². The van der Waals surface area contributed by atoms with E-state index in [1.165, 1.54) is 4.31 Å². The highest BCUT2D eigenvalue weighted by atomic mass is 32.2. The maximum Gasteiger partial charge on any atom is 0.216 e. The average molecular weight is 249 g/mol. The second-order valence-corrected chi connectivity index (χ2v) is 6.58. The van der Waals surface area contributed by atoms with Gasteiger partial charge >= 0.3 is 0 Å². The van der Waals surface area contributed by atoms with Gasteiger partial charge in [-0.05, 0) is 25.7 Å². The fourth-order valence-electron chi connectivity index (χ4n) is 2.29. The molecule has 2 saturated heterocycles. The molecule has 6 heteroatoms. The Hall–Kier alpha value is -0.170. The lowest BCUT2D eigenvalue weighted by molar-refractivity contribution is 0.104. The van der Waals surface area contributed by atoms with Crippen LogP contribution < -0.4 is 0 Å². The minimum absolute atomic E-state index is 0.0692. The van der Waals surface area contributed by atoms with Gasteiger partial charge in [0.2, 0.25) is 10.0 Å². The molecule has 94 valence electrons. The van der Waals surface area contributed by atoms with Gasteiger partial charge in [-0.1, -0.05) is 0 Å². The zero-order valence-corrected chi connectivity index (χ0v) is 10.2. The SMILES string of the molecule is O=S(=O)(CC1CCCO1)N1CCC[C@H](O)C1. The predicted molar refractivity (Wildman–Crippen MR) is 59.6 cm³/mol. The number of aliphatic hydroxyl groups is 1. The van der Waals surface area contributed by atoms with Crippen molar-refractivity contribution in [3.05, 3.63) is 0 Å². The summed E-state index contributed by atoms with van der Waals surface area (Å²) in [5.74, 6) is 0.0692.